The van der Waals surface area contributed by atoms with Gasteiger partial charge in [-0.25, -0.2) is 4.98 Å². The van der Waals surface area contributed by atoms with Crippen molar-refractivity contribution in [3.05, 3.63) is 77.6 Å². The van der Waals surface area contributed by atoms with Crippen LogP contribution in [-0.2, 0) is 0 Å². The summed E-state index contributed by atoms with van der Waals surface area (Å²) in [5.41, 5.74) is 16.5. The van der Waals surface area contributed by atoms with Crippen LogP contribution in [0.3, 0.4) is 0 Å². The Kier molecular flexibility index (Phi) is 7.42. The number of pyridine rings is 1. The fourth-order valence-corrected chi connectivity index (χ4v) is 4.27. The predicted octanol–water partition coefficient (Wildman–Crippen LogP) is 4.87. The lowest BCUT2D eigenvalue weighted by molar-refractivity contribution is 0.0739. The molecule has 36 heavy (non-hydrogen) atoms. The number of hydrogen-bond donors (Lipinski definition) is 4. The number of nitrogen functional groups attached to an aromatic ring is 2. The van der Waals surface area contributed by atoms with Gasteiger partial charge in [0.15, 0.2) is 0 Å². The first kappa shape index (κ1) is 25.0. The van der Waals surface area contributed by atoms with Gasteiger partial charge in [-0.3, -0.25) is 14.8 Å². The van der Waals surface area contributed by atoms with E-state index in [0.717, 1.165) is 16.7 Å². The van der Waals surface area contributed by atoms with Gasteiger partial charge in [-0.05, 0) is 62.2 Å². The van der Waals surface area contributed by atoms with Crippen molar-refractivity contribution < 1.29 is 9.90 Å². The molecule has 0 atom stereocenters. The van der Waals surface area contributed by atoms with Gasteiger partial charge in [0.2, 0.25) is 0 Å². The number of hydrogen-bond acceptors (Lipinski definition) is 8. The molecule has 4 rings (SSSR count). The molecule has 0 aliphatic heterocycles. The molecule has 0 aliphatic carbocycles. The number of nitrogens with one attached hydrogen (secondary N) is 1. The normalized spacial score (nSPS) is 11.6. The zero-order valence-corrected chi connectivity index (χ0v) is 20.9. The van der Waals surface area contributed by atoms with E-state index in [1.54, 1.807) is 56.0 Å². The second kappa shape index (κ2) is 10.7. The van der Waals surface area contributed by atoms with Crippen molar-refractivity contribution in [2.45, 2.75) is 25.9 Å². The van der Waals surface area contributed by atoms with Crippen LogP contribution in [0.15, 0.2) is 71.3 Å². The van der Waals surface area contributed by atoms with Crippen LogP contribution in [0.5, 0.6) is 0 Å². The van der Waals surface area contributed by atoms with E-state index < -0.39 is 5.60 Å². The van der Waals surface area contributed by atoms with Crippen molar-refractivity contribution in [1.29, 1.82) is 0 Å². The van der Waals surface area contributed by atoms with E-state index in [-0.39, 0.29) is 5.91 Å². The molecule has 184 valence electrons. The lowest BCUT2D eigenvalue weighted by atomic mass is 9.99. The maximum atomic E-state index is 13.2. The van der Waals surface area contributed by atoms with Crippen molar-refractivity contribution in [3.8, 4) is 21.7 Å². The first-order valence-corrected chi connectivity index (χ1v) is 12.3. The molecule has 4 aromatic rings. The summed E-state index contributed by atoms with van der Waals surface area (Å²) in [7, 11) is 0. The van der Waals surface area contributed by atoms with Gasteiger partial charge in [0, 0.05) is 64.3 Å². The Morgan fingerprint density at radius 1 is 1.17 bits per heavy atom. The van der Waals surface area contributed by atoms with Crippen LogP contribution in [0.25, 0.3) is 21.7 Å². The molecule has 2 aromatic carbocycles. The molecule has 8 nitrogen and oxygen atoms in total. The Morgan fingerprint density at radius 2 is 1.97 bits per heavy atom. The van der Waals surface area contributed by atoms with E-state index in [1.165, 1.54) is 11.3 Å². The number of rotatable bonds is 8. The number of nitrogens with two attached hydrogens (primary N) is 2. The van der Waals surface area contributed by atoms with Gasteiger partial charge >= 0.3 is 0 Å². The molecule has 0 aliphatic rings. The first-order valence-electron chi connectivity index (χ1n) is 11.4. The molecule has 0 unspecified atom stereocenters. The van der Waals surface area contributed by atoms with E-state index in [0.29, 0.717) is 46.3 Å². The topological polar surface area (TPSA) is 140 Å². The van der Waals surface area contributed by atoms with Gasteiger partial charge in [0.1, 0.15) is 10.7 Å². The molecular weight excluding hydrogens is 472 g/mol. The third-order valence-electron chi connectivity index (χ3n) is 5.40. The molecule has 2 heterocycles. The number of carbonyl (C=O) groups excluding carboxylic acids is 1. The number of carbonyl (C=O) groups is 1. The second-order valence-corrected chi connectivity index (χ2v) is 9.84. The Hall–Kier alpha value is -4.08. The van der Waals surface area contributed by atoms with Gasteiger partial charge < -0.3 is 21.9 Å². The highest BCUT2D eigenvalue weighted by molar-refractivity contribution is 7.13. The summed E-state index contributed by atoms with van der Waals surface area (Å²) >= 11 is 1.38. The Labute approximate surface area is 213 Å². The number of benzene rings is 2. The Morgan fingerprint density at radius 3 is 2.69 bits per heavy atom. The summed E-state index contributed by atoms with van der Waals surface area (Å²) in [6.07, 6.45) is 5.57. The lowest BCUT2D eigenvalue weighted by Crippen LogP contribution is -2.19. The lowest BCUT2D eigenvalue weighted by Gasteiger charge is -2.15. The van der Waals surface area contributed by atoms with E-state index in [2.05, 4.69) is 20.3 Å². The Balaban J connectivity index is 1.65. The fourth-order valence-electron chi connectivity index (χ4n) is 3.48. The molecule has 1 amide bonds. The molecule has 0 saturated heterocycles. The number of aliphatic imine (C=N–C) groups is 1. The van der Waals surface area contributed by atoms with Gasteiger partial charge in [0.05, 0.1) is 5.60 Å². The molecule has 0 spiro atoms. The number of nitrogens with zero attached hydrogens (tertiary/aromatic N) is 3. The maximum absolute atomic E-state index is 13.2. The highest BCUT2D eigenvalue weighted by Gasteiger charge is 2.17. The molecule has 0 fully saturated rings. The molecular formula is C27H28N6O2S. The summed E-state index contributed by atoms with van der Waals surface area (Å²) in [6, 6.07) is 14.7. The summed E-state index contributed by atoms with van der Waals surface area (Å²) < 4.78 is 0. The highest BCUT2D eigenvalue weighted by atomic mass is 32.1. The monoisotopic (exact) mass is 500 g/mol. The summed E-state index contributed by atoms with van der Waals surface area (Å²) in [5.74, 6) is -0.346. The predicted molar refractivity (Wildman–Crippen MR) is 147 cm³/mol. The molecule has 6 N–H and O–H groups in total. The number of aliphatic hydroxyl groups is 1. The zero-order chi connectivity index (χ0) is 25.7. The minimum Gasteiger partial charge on any atom is -0.399 e. The minimum absolute atomic E-state index is 0.301. The summed E-state index contributed by atoms with van der Waals surface area (Å²) in [4.78, 5) is 26.2. The van der Waals surface area contributed by atoms with Crippen molar-refractivity contribution >= 4 is 40.5 Å². The number of aromatic nitrogens is 2. The van der Waals surface area contributed by atoms with Gasteiger partial charge in [-0.1, -0.05) is 12.1 Å². The van der Waals surface area contributed by atoms with Crippen LogP contribution >= 0.6 is 11.3 Å². The van der Waals surface area contributed by atoms with E-state index >= 15 is 0 Å². The van der Waals surface area contributed by atoms with Crippen LogP contribution in [-0.4, -0.2) is 39.3 Å². The molecule has 2 aromatic heterocycles. The molecule has 9 heteroatoms. The summed E-state index contributed by atoms with van der Waals surface area (Å²) in [6.45, 7) is 3.92. The van der Waals surface area contributed by atoms with E-state index in [9.17, 15) is 9.90 Å². The maximum Gasteiger partial charge on any atom is 0.275 e. The largest absolute Gasteiger partial charge is 0.399 e. The van der Waals surface area contributed by atoms with Crippen molar-refractivity contribution in [3.63, 3.8) is 0 Å². The van der Waals surface area contributed by atoms with Crippen molar-refractivity contribution in [1.82, 2.24) is 9.97 Å². The summed E-state index contributed by atoms with van der Waals surface area (Å²) in [5, 5.41) is 15.3. The first-order chi connectivity index (χ1) is 17.2. The van der Waals surface area contributed by atoms with Crippen LogP contribution in [0.1, 0.15) is 36.3 Å². The second-order valence-electron chi connectivity index (χ2n) is 8.98. The minimum atomic E-state index is -0.804. The van der Waals surface area contributed by atoms with Crippen LogP contribution < -0.4 is 16.8 Å². The highest BCUT2D eigenvalue weighted by Crippen LogP contribution is 2.33. The average Bonchev–Trinajstić information content (AvgIpc) is 3.34. The van der Waals surface area contributed by atoms with Crippen LogP contribution in [0.2, 0.25) is 0 Å². The number of thiazole rings is 1. The number of amides is 1. The van der Waals surface area contributed by atoms with E-state index in [4.69, 9.17) is 11.5 Å². The quantitative estimate of drug-likeness (QED) is 0.201. The fraction of sp³-hybridized carbons (Fsp3) is 0.185. The van der Waals surface area contributed by atoms with Gasteiger partial charge in [-0.2, -0.15) is 0 Å². The smallest absolute Gasteiger partial charge is 0.275 e. The van der Waals surface area contributed by atoms with E-state index in [1.807, 2.05) is 30.3 Å². The van der Waals surface area contributed by atoms with Crippen LogP contribution in [0.4, 0.5) is 17.1 Å². The Bertz CT molecular complexity index is 1390. The molecule has 0 radical (unpaired) electrons. The molecule has 0 bridgehead atoms. The SMILES string of the molecule is CC(C)(O)CCN=Cc1cc(NC(=O)c2csc(-c3cccnc3)n2)c(-c2cccc(N)c2)cc1N. The van der Waals surface area contributed by atoms with Crippen LogP contribution in [0, 0.1) is 0 Å². The molecule has 0 saturated carbocycles. The third kappa shape index (κ3) is 6.32. The zero-order valence-electron chi connectivity index (χ0n) is 20.1. The van der Waals surface area contributed by atoms with Crippen molar-refractivity contribution in [2.75, 3.05) is 23.3 Å². The third-order valence-corrected chi connectivity index (χ3v) is 6.29. The van der Waals surface area contributed by atoms with Gasteiger partial charge in [-0.15, -0.1) is 11.3 Å². The standard InChI is InChI=1S/C27H28N6O2S/c1-27(2,35)8-10-31-15-19-12-23(21(13-22(19)29)17-5-3-7-20(28)11-17)32-25(34)24-16-36-26(33-24)18-6-4-9-30-14-18/h3-7,9,11-16,35H,8,10,28-29H2,1-2H3,(H,32,34). The average molecular weight is 501 g/mol. The van der Waals surface area contributed by atoms with Crippen molar-refractivity contribution in [2.24, 2.45) is 4.99 Å². The number of anilines is 3. The van der Waals surface area contributed by atoms with Gasteiger partial charge in [0.25, 0.3) is 5.91 Å².